The molecule has 1 aromatic heterocycles. The van der Waals surface area contributed by atoms with Crippen LogP contribution < -0.4 is 10.9 Å². The molecule has 3 N–H and O–H groups in total. The molecular formula is C13H8F2N2O4. The third-order valence-electron chi connectivity index (χ3n) is 2.55. The molecule has 1 amide bonds. The van der Waals surface area contributed by atoms with E-state index in [0.29, 0.717) is 12.1 Å². The van der Waals surface area contributed by atoms with Crippen molar-refractivity contribution in [2.45, 2.75) is 0 Å². The van der Waals surface area contributed by atoms with Gasteiger partial charge in [0.25, 0.3) is 5.91 Å². The van der Waals surface area contributed by atoms with Gasteiger partial charge in [-0.05, 0) is 12.1 Å². The summed E-state index contributed by atoms with van der Waals surface area (Å²) in [5.41, 5.74) is -1.98. The molecule has 0 radical (unpaired) electrons. The molecule has 0 unspecified atom stereocenters. The second-order valence-electron chi connectivity index (χ2n) is 4.00. The van der Waals surface area contributed by atoms with E-state index in [2.05, 4.69) is 10.3 Å². The molecule has 6 nitrogen and oxygen atoms in total. The van der Waals surface area contributed by atoms with Crippen LogP contribution in [0.3, 0.4) is 0 Å². The van der Waals surface area contributed by atoms with Crippen LogP contribution in [-0.4, -0.2) is 22.0 Å². The molecule has 108 valence electrons. The number of pyridine rings is 1. The fourth-order valence-corrected chi connectivity index (χ4v) is 1.58. The Morgan fingerprint density at radius 2 is 1.86 bits per heavy atom. The lowest BCUT2D eigenvalue weighted by Crippen LogP contribution is -2.19. The highest BCUT2D eigenvalue weighted by Crippen LogP contribution is 2.20. The summed E-state index contributed by atoms with van der Waals surface area (Å²) in [6, 6.07) is 4.78. The Hall–Kier alpha value is -3.03. The number of carboxylic acids is 1. The monoisotopic (exact) mass is 294 g/mol. The van der Waals surface area contributed by atoms with Crippen LogP contribution in [-0.2, 0) is 0 Å². The molecule has 2 aromatic rings. The molecule has 0 atom stereocenters. The molecule has 0 aliphatic heterocycles. The van der Waals surface area contributed by atoms with E-state index < -0.39 is 40.3 Å². The highest BCUT2D eigenvalue weighted by molar-refractivity contribution is 6.03. The van der Waals surface area contributed by atoms with Gasteiger partial charge in [-0.25, -0.2) is 13.6 Å². The third kappa shape index (κ3) is 3.11. The zero-order chi connectivity index (χ0) is 15.6. The second-order valence-corrected chi connectivity index (χ2v) is 4.00. The molecule has 1 aromatic carbocycles. The predicted octanol–water partition coefficient (Wildman–Crippen LogP) is 1.60. The number of rotatable bonds is 3. The van der Waals surface area contributed by atoms with Gasteiger partial charge in [0.1, 0.15) is 17.3 Å². The zero-order valence-corrected chi connectivity index (χ0v) is 10.3. The number of benzene rings is 1. The largest absolute Gasteiger partial charge is 0.478 e. The Bertz CT molecular complexity index is 786. The first kappa shape index (κ1) is 14.4. The fourth-order valence-electron chi connectivity index (χ4n) is 1.58. The summed E-state index contributed by atoms with van der Waals surface area (Å²) in [5.74, 6) is -4.86. The molecule has 0 saturated carbocycles. The molecule has 8 heteroatoms. The van der Waals surface area contributed by atoms with E-state index in [-0.39, 0.29) is 5.69 Å². The average molecular weight is 294 g/mol. The smallest absolute Gasteiger partial charge is 0.338 e. The molecular weight excluding hydrogens is 286 g/mol. The van der Waals surface area contributed by atoms with Crippen molar-refractivity contribution in [3.05, 3.63) is 63.6 Å². The lowest BCUT2D eigenvalue weighted by Gasteiger charge is -2.08. The molecule has 21 heavy (non-hydrogen) atoms. The number of anilines is 1. The van der Waals surface area contributed by atoms with Crippen LogP contribution in [0.2, 0.25) is 0 Å². The van der Waals surface area contributed by atoms with Crippen molar-refractivity contribution in [2.24, 2.45) is 0 Å². The van der Waals surface area contributed by atoms with Crippen LogP contribution in [0.25, 0.3) is 0 Å². The fraction of sp³-hybridized carbons (Fsp3) is 0. The number of hydrogen-bond donors (Lipinski definition) is 3. The number of nitrogens with one attached hydrogen (secondary N) is 2. The minimum absolute atomic E-state index is 0.150. The van der Waals surface area contributed by atoms with Gasteiger partial charge in [-0.3, -0.25) is 9.59 Å². The minimum atomic E-state index is -1.60. The summed E-state index contributed by atoms with van der Waals surface area (Å²) < 4.78 is 26.7. The van der Waals surface area contributed by atoms with Crippen molar-refractivity contribution in [3.63, 3.8) is 0 Å². The van der Waals surface area contributed by atoms with E-state index in [0.717, 1.165) is 0 Å². The average Bonchev–Trinajstić information content (AvgIpc) is 2.41. The number of halogens is 2. The van der Waals surface area contributed by atoms with Crippen LogP contribution in [0.4, 0.5) is 14.5 Å². The van der Waals surface area contributed by atoms with E-state index in [1.807, 2.05) is 0 Å². The summed E-state index contributed by atoms with van der Waals surface area (Å²) in [4.78, 5) is 35.8. The SMILES string of the molecule is O=C(Nc1cc(C(=O)O)c(F)cc1F)c1cccc(=O)[nH]1. The van der Waals surface area contributed by atoms with E-state index >= 15 is 0 Å². The van der Waals surface area contributed by atoms with Gasteiger partial charge in [0, 0.05) is 12.1 Å². The maximum atomic E-state index is 13.5. The molecule has 0 fully saturated rings. The van der Waals surface area contributed by atoms with Gasteiger partial charge in [0.15, 0.2) is 0 Å². The molecule has 0 aliphatic rings. The van der Waals surface area contributed by atoms with E-state index in [4.69, 9.17) is 5.11 Å². The summed E-state index contributed by atoms with van der Waals surface area (Å²) in [7, 11) is 0. The van der Waals surface area contributed by atoms with Crippen LogP contribution in [0.15, 0.2) is 35.1 Å². The normalized spacial score (nSPS) is 10.2. The van der Waals surface area contributed by atoms with Crippen LogP contribution in [0.1, 0.15) is 20.8 Å². The first-order valence-electron chi connectivity index (χ1n) is 5.61. The van der Waals surface area contributed by atoms with Gasteiger partial charge in [0.05, 0.1) is 11.3 Å². The lowest BCUT2D eigenvalue weighted by atomic mass is 10.1. The number of hydrogen-bond acceptors (Lipinski definition) is 3. The minimum Gasteiger partial charge on any atom is -0.478 e. The van der Waals surface area contributed by atoms with Gasteiger partial charge in [-0.1, -0.05) is 6.07 Å². The van der Waals surface area contributed by atoms with Gasteiger partial charge in [0.2, 0.25) is 5.56 Å². The number of aromatic nitrogens is 1. The van der Waals surface area contributed by atoms with E-state index in [1.54, 1.807) is 0 Å². The van der Waals surface area contributed by atoms with Gasteiger partial charge < -0.3 is 15.4 Å². The number of carboxylic acid groups (broad SMARTS) is 1. The Morgan fingerprint density at radius 3 is 2.48 bits per heavy atom. The Kier molecular flexibility index (Phi) is 3.79. The second kappa shape index (κ2) is 5.53. The molecule has 0 spiro atoms. The van der Waals surface area contributed by atoms with Crippen molar-refractivity contribution in [3.8, 4) is 0 Å². The summed E-state index contributed by atoms with van der Waals surface area (Å²) in [6.07, 6.45) is 0. The van der Waals surface area contributed by atoms with Crippen LogP contribution >= 0.6 is 0 Å². The Morgan fingerprint density at radius 1 is 1.14 bits per heavy atom. The highest BCUT2D eigenvalue weighted by atomic mass is 19.1. The summed E-state index contributed by atoms with van der Waals surface area (Å²) in [6.45, 7) is 0. The summed E-state index contributed by atoms with van der Waals surface area (Å²) >= 11 is 0. The van der Waals surface area contributed by atoms with Crippen LogP contribution in [0, 0.1) is 11.6 Å². The molecule has 0 aliphatic carbocycles. The van der Waals surface area contributed by atoms with Crippen molar-refractivity contribution in [1.29, 1.82) is 0 Å². The number of amides is 1. The van der Waals surface area contributed by atoms with Crippen molar-refractivity contribution >= 4 is 17.6 Å². The first-order chi connectivity index (χ1) is 9.88. The lowest BCUT2D eigenvalue weighted by molar-refractivity contribution is 0.0691. The van der Waals surface area contributed by atoms with E-state index in [1.165, 1.54) is 18.2 Å². The zero-order valence-electron chi connectivity index (χ0n) is 10.3. The standard InChI is InChI=1S/C13H8F2N2O4/c14-7-5-8(15)10(4-6(7)13(20)21)17-12(19)9-2-1-3-11(18)16-9/h1-5H,(H,16,18)(H,17,19)(H,20,21). The molecule has 2 rings (SSSR count). The van der Waals surface area contributed by atoms with Gasteiger partial charge in [-0.2, -0.15) is 0 Å². The third-order valence-corrected chi connectivity index (χ3v) is 2.55. The Balaban J connectivity index is 2.35. The topological polar surface area (TPSA) is 99.3 Å². The molecule has 1 heterocycles. The first-order valence-corrected chi connectivity index (χ1v) is 5.61. The van der Waals surface area contributed by atoms with Crippen molar-refractivity contribution in [1.82, 2.24) is 4.98 Å². The van der Waals surface area contributed by atoms with Crippen molar-refractivity contribution in [2.75, 3.05) is 5.32 Å². The number of H-pyrrole nitrogens is 1. The molecule has 0 saturated heterocycles. The number of carbonyl (C=O) groups excluding carboxylic acids is 1. The number of aromatic amines is 1. The Labute approximate surface area is 116 Å². The summed E-state index contributed by atoms with van der Waals surface area (Å²) in [5, 5.41) is 10.8. The van der Waals surface area contributed by atoms with Crippen molar-refractivity contribution < 1.29 is 23.5 Å². The molecule has 0 bridgehead atoms. The number of carbonyl (C=O) groups is 2. The van der Waals surface area contributed by atoms with Crippen LogP contribution in [0.5, 0.6) is 0 Å². The van der Waals surface area contributed by atoms with Gasteiger partial charge >= 0.3 is 5.97 Å². The predicted molar refractivity (Wildman–Crippen MR) is 68.3 cm³/mol. The van der Waals surface area contributed by atoms with E-state index in [9.17, 15) is 23.2 Å². The quantitative estimate of drug-likeness (QED) is 0.800. The highest BCUT2D eigenvalue weighted by Gasteiger charge is 2.17. The maximum Gasteiger partial charge on any atom is 0.338 e. The maximum absolute atomic E-state index is 13.5. The van der Waals surface area contributed by atoms with Gasteiger partial charge in [-0.15, -0.1) is 0 Å². The number of aromatic carboxylic acids is 1.